The Morgan fingerprint density at radius 3 is 2.58 bits per heavy atom. The van der Waals surface area contributed by atoms with Gasteiger partial charge in [0, 0.05) is 0 Å². The van der Waals surface area contributed by atoms with E-state index in [4.69, 9.17) is 16.3 Å². The number of anilines is 1. The average molecular weight is 368 g/mol. The highest BCUT2D eigenvalue weighted by molar-refractivity contribution is 7.93. The fourth-order valence-electron chi connectivity index (χ4n) is 2.46. The zero-order valence-electron chi connectivity index (χ0n) is 12.7. The van der Waals surface area contributed by atoms with Crippen LogP contribution in [-0.4, -0.2) is 34.1 Å². The molecule has 0 amide bonds. The molecule has 0 radical (unpaired) electrons. The van der Waals surface area contributed by atoms with Crippen LogP contribution >= 0.6 is 11.6 Å². The number of para-hydroxylation sites is 2. The Morgan fingerprint density at radius 1 is 1.21 bits per heavy atom. The van der Waals surface area contributed by atoms with E-state index < -0.39 is 22.1 Å². The SMILES string of the molecule is COC(=O)[C@@H]1CN(S(=O)(=O)c2ccccc2Cl)c2ccccc2O1. The Bertz CT molecular complexity index is 884. The third kappa shape index (κ3) is 2.81. The number of ether oxygens (including phenoxy) is 2. The number of hydrogen-bond acceptors (Lipinski definition) is 5. The number of carbonyl (C=O) groups is 1. The van der Waals surface area contributed by atoms with Crippen LogP contribution in [0.5, 0.6) is 5.75 Å². The summed E-state index contributed by atoms with van der Waals surface area (Å²) in [6.45, 7) is -0.197. The van der Waals surface area contributed by atoms with Gasteiger partial charge in [0.25, 0.3) is 10.0 Å². The van der Waals surface area contributed by atoms with E-state index in [0.717, 1.165) is 4.31 Å². The van der Waals surface area contributed by atoms with Gasteiger partial charge in [0.1, 0.15) is 10.6 Å². The molecule has 0 unspecified atom stereocenters. The standard InChI is InChI=1S/C16H14ClNO5S/c1-22-16(19)14-10-18(12-7-3-4-8-13(12)23-14)24(20,21)15-9-5-2-6-11(15)17/h2-9,14H,10H2,1H3/t14-/m0/s1. The predicted octanol–water partition coefficient (Wildman–Crippen LogP) is 2.47. The summed E-state index contributed by atoms with van der Waals surface area (Å²) in [5.41, 5.74) is 0.345. The first-order chi connectivity index (χ1) is 11.4. The minimum Gasteiger partial charge on any atom is -0.475 e. The third-order valence-corrected chi connectivity index (χ3v) is 5.88. The van der Waals surface area contributed by atoms with E-state index in [1.54, 1.807) is 36.4 Å². The van der Waals surface area contributed by atoms with Crippen molar-refractivity contribution < 1.29 is 22.7 Å². The number of sulfonamides is 1. The maximum atomic E-state index is 13.1. The lowest BCUT2D eigenvalue weighted by molar-refractivity contribution is -0.148. The van der Waals surface area contributed by atoms with Gasteiger partial charge in [-0.2, -0.15) is 0 Å². The van der Waals surface area contributed by atoms with Crippen molar-refractivity contribution in [1.82, 2.24) is 0 Å². The van der Waals surface area contributed by atoms with Crippen LogP contribution in [0.1, 0.15) is 0 Å². The Kier molecular flexibility index (Phi) is 4.38. The summed E-state index contributed by atoms with van der Waals surface area (Å²) in [6, 6.07) is 12.7. The quantitative estimate of drug-likeness (QED) is 0.779. The number of methoxy groups -OCH3 is 1. The first kappa shape index (κ1) is 16.6. The second kappa shape index (κ2) is 6.33. The zero-order chi connectivity index (χ0) is 17.3. The lowest BCUT2D eigenvalue weighted by Gasteiger charge is -2.34. The Hall–Kier alpha value is -2.25. The van der Waals surface area contributed by atoms with Crippen LogP contribution < -0.4 is 9.04 Å². The van der Waals surface area contributed by atoms with Crippen LogP contribution in [0.15, 0.2) is 53.4 Å². The van der Waals surface area contributed by atoms with Crippen LogP contribution in [0.2, 0.25) is 5.02 Å². The van der Waals surface area contributed by atoms with Gasteiger partial charge >= 0.3 is 5.97 Å². The van der Waals surface area contributed by atoms with Crippen molar-refractivity contribution in [2.24, 2.45) is 0 Å². The van der Waals surface area contributed by atoms with Gasteiger partial charge in [0.05, 0.1) is 24.4 Å². The lowest BCUT2D eigenvalue weighted by atomic mass is 10.2. The van der Waals surface area contributed by atoms with Gasteiger partial charge in [-0.05, 0) is 24.3 Å². The van der Waals surface area contributed by atoms with Crippen molar-refractivity contribution in [3.05, 3.63) is 53.6 Å². The van der Waals surface area contributed by atoms with Crippen molar-refractivity contribution in [2.45, 2.75) is 11.0 Å². The van der Waals surface area contributed by atoms with Crippen LogP contribution in [0.3, 0.4) is 0 Å². The summed E-state index contributed by atoms with van der Waals surface area (Å²) >= 11 is 6.05. The van der Waals surface area contributed by atoms with Crippen molar-refractivity contribution in [2.75, 3.05) is 18.0 Å². The maximum Gasteiger partial charge on any atom is 0.348 e. The van der Waals surface area contributed by atoms with Crippen molar-refractivity contribution in [1.29, 1.82) is 0 Å². The number of nitrogens with zero attached hydrogens (tertiary/aromatic N) is 1. The number of fused-ring (bicyclic) bond motifs is 1. The molecule has 0 saturated heterocycles. The van der Waals surface area contributed by atoms with Gasteiger partial charge in [0.15, 0.2) is 0 Å². The lowest BCUT2D eigenvalue weighted by Crippen LogP contribution is -2.47. The summed E-state index contributed by atoms with van der Waals surface area (Å²) in [6.07, 6.45) is -1.05. The summed E-state index contributed by atoms with van der Waals surface area (Å²) in [5.74, 6) is -0.362. The molecule has 2 aromatic rings. The van der Waals surface area contributed by atoms with Gasteiger partial charge in [-0.3, -0.25) is 4.31 Å². The minimum atomic E-state index is -3.97. The molecule has 0 aliphatic carbocycles. The molecule has 6 nitrogen and oxygen atoms in total. The number of carbonyl (C=O) groups excluding carboxylic acids is 1. The number of esters is 1. The van der Waals surface area contributed by atoms with E-state index in [0.29, 0.717) is 5.69 Å². The third-order valence-electron chi connectivity index (χ3n) is 3.60. The molecule has 1 atom stereocenters. The molecule has 0 bridgehead atoms. The normalized spacial score (nSPS) is 16.9. The number of rotatable bonds is 3. The Balaban J connectivity index is 2.12. The van der Waals surface area contributed by atoms with Crippen LogP contribution in [0.25, 0.3) is 0 Å². The molecular formula is C16H14ClNO5S. The van der Waals surface area contributed by atoms with Gasteiger partial charge < -0.3 is 9.47 Å². The second-order valence-electron chi connectivity index (χ2n) is 5.06. The highest BCUT2D eigenvalue weighted by Crippen LogP contribution is 2.38. The molecule has 1 aliphatic heterocycles. The largest absolute Gasteiger partial charge is 0.475 e. The van der Waals surface area contributed by atoms with E-state index in [9.17, 15) is 13.2 Å². The van der Waals surface area contributed by atoms with E-state index in [1.165, 1.54) is 19.2 Å². The molecule has 1 heterocycles. The van der Waals surface area contributed by atoms with Crippen molar-refractivity contribution in [3.8, 4) is 5.75 Å². The number of benzene rings is 2. The molecule has 0 saturated carbocycles. The van der Waals surface area contributed by atoms with Crippen molar-refractivity contribution >= 4 is 33.3 Å². The van der Waals surface area contributed by atoms with Crippen LogP contribution in [0, 0.1) is 0 Å². The smallest absolute Gasteiger partial charge is 0.348 e. The summed E-state index contributed by atoms with van der Waals surface area (Å²) in [7, 11) is -2.75. The van der Waals surface area contributed by atoms with Crippen LogP contribution in [-0.2, 0) is 19.6 Å². The molecule has 0 aromatic heterocycles. The predicted molar refractivity (Wildman–Crippen MR) is 88.9 cm³/mol. The molecule has 126 valence electrons. The molecular weight excluding hydrogens is 354 g/mol. The molecule has 0 N–H and O–H groups in total. The molecule has 0 fully saturated rings. The first-order valence-electron chi connectivity index (χ1n) is 7.06. The molecule has 8 heteroatoms. The zero-order valence-corrected chi connectivity index (χ0v) is 14.3. The summed E-state index contributed by atoms with van der Waals surface area (Å²) in [4.78, 5) is 11.8. The van der Waals surface area contributed by atoms with Crippen molar-refractivity contribution in [3.63, 3.8) is 0 Å². The van der Waals surface area contributed by atoms with E-state index in [-0.39, 0.29) is 22.2 Å². The fourth-order valence-corrected chi connectivity index (χ4v) is 4.43. The monoisotopic (exact) mass is 367 g/mol. The van der Waals surface area contributed by atoms with E-state index in [1.807, 2.05) is 0 Å². The van der Waals surface area contributed by atoms with Gasteiger partial charge in [-0.15, -0.1) is 0 Å². The minimum absolute atomic E-state index is 0.0352. The molecule has 24 heavy (non-hydrogen) atoms. The Morgan fingerprint density at radius 2 is 1.88 bits per heavy atom. The molecule has 2 aromatic carbocycles. The molecule has 3 rings (SSSR count). The van der Waals surface area contributed by atoms with E-state index in [2.05, 4.69) is 4.74 Å². The maximum absolute atomic E-state index is 13.1. The Labute approximate surface area is 144 Å². The first-order valence-corrected chi connectivity index (χ1v) is 8.87. The van der Waals surface area contributed by atoms with Crippen LogP contribution in [0.4, 0.5) is 5.69 Å². The average Bonchev–Trinajstić information content (AvgIpc) is 2.60. The van der Waals surface area contributed by atoms with Gasteiger partial charge in [-0.25, -0.2) is 13.2 Å². The highest BCUT2D eigenvalue weighted by atomic mass is 35.5. The fraction of sp³-hybridized carbons (Fsp3) is 0.188. The number of halogens is 1. The number of hydrogen-bond donors (Lipinski definition) is 0. The molecule has 0 spiro atoms. The van der Waals surface area contributed by atoms with Gasteiger partial charge in [-0.1, -0.05) is 35.9 Å². The summed E-state index contributed by atoms with van der Waals surface area (Å²) < 4.78 is 37.5. The molecule has 1 aliphatic rings. The second-order valence-corrected chi connectivity index (χ2v) is 7.30. The van der Waals surface area contributed by atoms with Gasteiger partial charge in [0.2, 0.25) is 6.10 Å². The topological polar surface area (TPSA) is 72.9 Å². The highest BCUT2D eigenvalue weighted by Gasteiger charge is 2.38. The summed E-state index contributed by atoms with van der Waals surface area (Å²) in [5, 5.41) is 0.107. The van der Waals surface area contributed by atoms with E-state index >= 15 is 0 Å².